The van der Waals surface area contributed by atoms with Crippen LogP contribution in [-0.4, -0.2) is 11.3 Å². The maximum atomic E-state index is 2.47. The number of hydrogen-bond donors (Lipinski definition) is 0. The van der Waals surface area contributed by atoms with E-state index in [1.807, 2.05) is 0 Å². The van der Waals surface area contributed by atoms with Gasteiger partial charge in [0.25, 0.3) is 0 Å². The summed E-state index contributed by atoms with van der Waals surface area (Å²) in [5.74, 6) is 0. The highest BCUT2D eigenvalue weighted by Gasteiger charge is 2.18. The summed E-state index contributed by atoms with van der Waals surface area (Å²) in [7, 11) is -0.350. The van der Waals surface area contributed by atoms with E-state index in [9.17, 15) is 0 Å². The fraction of sp³-hybridized carbons (Fsp3) is 0.308. The molecule has 0 saturated carbocycles. The first-order valence-electron chi connectivity index (χ1n) is 10.3. The predicted molar refractivity (Wildman–Crippen MR) is 130 cm³/mol. The lowest BCUT2D eigenvalue weighted by Gasteiger charge is -2.26. The summed E-state index contributed by atoms with van der Waals surface area (Å²) in [5.41, 5.74) is 4.55. The third kappa shape index (κ3) is 5.76. The van der Waals surface area contributed by atoms with Gasteiger partial charge in [-0.2, -0.15) is 0 Å². The topological polar surface area (TPSA) is 0 Å². The van der Waals surface area contributed by atoms with Crippen molar-refractivity contribution in [3.05, 3.63) is 96.1 Å². The van der Waals surface area contributed by atoms with Gasteiger partial charge in [-0.3, -0.25) is 0 Å². The Morgan fingerprint density at radius 2 is 1.04 bits per heavy atom. The average Bonchev–Trinajstić information content (AvgIpc) is 2.71. The van der Waals surface area contributed by atoms with Gasteiger partial charge in [-0.15, -0.1) is 0 Å². The molecule has 28 heavy (non-hydrogen) atoms. The largest absolute Gasteiger partial charge is 0.0970 e. The number of rotatable bonds is 8. The summed E-state index contributed by atoms with van der Waals surface area (Å²) in [4.78, 5) is 0. The molecule has 146 valence electrons. The molecule has 0 aliphatic heterocycles. The summed E-state index contributed by atoms with van der Waals surface area (Å²) in [6, 6.07) is 31.5. The molecule has 0 saturated heterocycles. The summed E-state index contributed by atoms with van der Waals surface area (Å²) >= 11 is 0. The summed E-state index contributed by atoms with van der Waals surface area (Å²) in [5, 5.41) is 2.92. The second kappa shape index (κ2) is 10.3. The lowest BCUT2D eigenvalue weighted by Crippen LogP contribution is -2.13. The second-order valence-electron chi connectivity index (χ2n) is 7.94. The lowest BCUT2D eigenvalue weighted by atomic mass is 10.2. The quantitative estimate of drug-likeness (QED) is 0.349. The van der Waals surface area contributed by atoms with Crippen LogP contribution in [0, 0.1) is 0 Å². The van der Waals surface area contributed by atoms with E-state index in [1.54, 1.807) is 0 Å². The monoisotopic (exact) mass is 406 g/mol. The van der Waals surface area contributed by atoms with E-state index in [1.165, 1.54) is 27.9 Å². The van der Waals surface area contributed by atoms with Crippen molar-refractivity contribution in [2.75, 3.05) is 0 Å². The molecule has 3 aromatic carbocycles. The smallest absolute Gasteiger partial charge is 0.000753 e. The van der Waals surface area contributed by atoms with E-state index < -0.39 is 0 Å². The van der Waals surface area contributed by atoms with Crippen molar-refractivity contribution in [3.63, 3.8) is 0 Å². The first kappa shape index (κ1) is 21.2. The van der Waals surface area contributed by atoms with Crippen LogP contribution in [0.4, 0.5) is 0 Å². The predicted octanol–water partition coefficient (Wildman–Crippen LogP) is 7.12. The van der Waals surface area contributed by atoms with Gasteiger partial charge < -0.3 is 0 Å². The lowest BCUT2D eigenvalue weighted by molar-refractivity contribution is 0.995. The molecule has 0 N–H and O–H groups in total. The fourth-order valence-corrected chi connectivity index (χ4v) is 8.56. The summed E-state index contributed by atoms with van der Waals surface area (Å²) < 4.78 is 0. The van der Waals surface area contributed by atoms with E-state index in [0.29, 0.717) is 0 Å². The van der Waals surface area contributed by atoms with Crippen LogP contribution in [0.25, 0.3) is 0 Å². The van der Waals surface area contributed by atoms with Gasteiger partial charge >= 0.3 is 0 Å². The van der Waals surface area contributed by atoms with E-state index in [0.717, 1.165) is 17.5 Å². The van der Waals surface area contributed by atoms with Crippen LogP contribution in [0.3, 0.4) is 0 Å². The highest BCUT2D eigenvalue weighted by molar-refractivity contribution is 7.72. The van der Waals surface area contributed by atoms with Gasteiger partial charge in [0.05, 0.1) is 0 Å². The molecule has 0 atom stereocenters. The van der Waals surface area contributed by atoms with E-state index in [-0.39, 0.29) is 15.8 Å². The van der Waals surface area contributed by atoms with Gasteiger partial charge in [0.15, 0.2) is 0 Å². The third-order valence-electron chi connectivity index (χ3n) is 5.16. The second-order valence-corrected chi connectivity index (χ2v) is 13.6. The molecule has 0 aromatic heterocycles. The molecule has 0 amide bonds. The molecule has 3 rings (SSSR count). The zero-order chi connectivity index (χ0) is 19.9. The van der Waals surface area contributed by atoms with Gasteiger partial charge in [0.1, 0.15) is 0 Å². The van der Waals surface area contributed by atoms with Crippen LogP contribution in [-0.2, 0) is 12.3 Å². The molecular weight excluding hydrogens is 374 g/mol. The minimum Gasteiger partial charge on any atom is -0.0970 e. The Balaban J connectivity index is 1.86. The number of benzene rings is 3. The Hall–Kier alpha value is -1.48. The van der Waals surface area contributed by atoms with Gasteiger partial charge in [-0.1, -0.05) is 121 Å². The van der Waals surface area contributed by atoms with Crippen molar-refractivity contribution in [2.45, 2.75) is 51.3 Å². The molecule has 2 heteroatoms. The van der Waals surface area contributed by atoms with Crippen molar-refractivity contribution >= 4 is 26.5 Å². The molecular formula is C26H32P2. The van der Waals surface area contributed by atoms with E-state index >= 15 is 0 Å². The minimum atomic E-state index is -0.379. The van der Waals surface area contributed by atoms with Crippen LogP contribution in [0.5, 0.6) is 0 Å². The molecule has 0 radical (unpaired) electrons. The normalized spacial score (nSPS) is 11.7. The van der Waals surface area contributed by atoms with Crippen molar-refractivity contribution in [3.8, 4) is 0 Å². The molecule has 0 heterocycles. The van der Waals surface area contributed by atoms with Crippen molar-refractivity contribution < 1.29 is 0 Å². The first-order valence-corrected chi connectivity index (χ1v) is 13.4. The van der Waals surface area contributed by atoms with Crippen LogP contribution in [0.1, 0.15) is 38.8 Å². The number of hydrogen-bond acceptors (Lipinski definition) is 0. The van der Waals surface area contributed by atoms with E-state index in [4.69, 9.17) is 0 Å². The average molecular weight is 406 g/mol. The Bertz CT molecular complexity index is 793. The van der Waals surface area contributed by atoms with Crippen LogP contribution < -0.4 is 10.6 Å². The Morgan fingerprint density at radius 3 is 1.50 bits per heavy atom. The molecule has 0 bridgehead atoms. The molecule has 0 aliphatic rings. The van der Waals surface area contributed by atoms with E-state index in [2.05, 4.69) is 113 Å². The highest BCUT2D eigenvalue weighted by atomic mass is 31.1. The summed E-state index contributed by atoms with van der Waals surface area (Å²) in [6.07, 6.45) is 2.35. The Labute approximate surface area is 173 Å². The molecule has 0 aliphatic carbocycles. The fourth-order valence-electron chi connectivity index (χ4n) is 3.73. The van der Waals surface area contributed by atoms with Crippen LogP contribution >= 0.6 is 15.8 Å². The Kier molecular flexibility index (Phi) is 7.84. The zero-order valence-corrected chi connectivity index (χ0v) is 19.3. The standard InChI is InChI=1S/C26H32P2/c1-21(2)27(22(3)4)19-23-12-11-13-24(18-23)20-28(25-14-7-5-8-15-25)26-16-9-6-10-17-26/h5-18,21-22H,19-20H2,1-4H3. The molecule has 0 fully saturated rings. The maximum absolute atomic E-state index is 2.47. The van der Waals surface area contributed by atoms with Gasteiger partial charge in [0, 0.05) is 6.16 Å². The zero-order valence-electron chi connectivity index (χ0n) is 17.5. The third-order valence-corrected chi connectivity index (χ3v) is 11.1. The molecule has 3 aromatic rings. The van der Waals surface area contributed by atoms with Gasteiger partial charge in [0.2, 0.25) is 0 Å². The van der Waals surface area contributed by atoms with Gasteiger partial charge in [-0.25, -0.2) is 0 Å². The van der Waals surface area contributed by atoms with Crippen molar-refractivity contribution in [2.24, 2.45) is 0 Å². The molecule has 0 nitrogen and oxygen atoms in total. The van der Waals surface area contributed by atoms with Crippen molar-refractivity contribution in [1.82, 2.24) is 0 Å². The molecule has 0 unspecified atom stereocenters. The van der Waals surface area contributed by atoms with Crippen LogP contribution in [0.15, 0.2) is 84.9 Å². The summed E-state index contributed by atoms with van der Waals surface area (Å²) in [6.45, 7) is 9.55. The SMILES string of the molecule is CC(C)P(Cc1cccc(CP(c2ccccc2)c2ccccc2)c1)C(C)C. The minimum absolute atomic E-state index is 0.0300. The Morgan fingerprint density at radius 1 is 0.571 bits per heavy atom. The highest BCUT2D eigenvalue weighted by Crippen LogP contribution is 2.49. The van der Waals surface area contributed by atoms with Crippen molar-refractivity contribution in [1.29, 1.82) is 0 Å². The van der Waals surface area contributed by atoms with Crippen LogP contribution in [0.2, 0.25) is 0 Å². The first-order chi connectivity index (χ1) is 13.5. The molecule has 0 spiro atoms. The van der Waals surface area contributed by atoms with Gasteiger partial charge in [-0.05, 0) is 47.1 Å². The maximum Gasteiger partial charge on any atom is 0.000753 e.